The lowest BCUT2D eigenvalue weighted by Gasteiger charge is -2.28. The second kappa shape index (κ2) is 11.5. The summed E-state index contributed by atoms with van der Waals surface area (Å²) in [6, 6.07) is 32.8. The first-order valence-corrected chi connectivity index (χ1v) is 11.7. The summed E-state index contributed by atoms with van der Waals surface area (Å²) < 4.78 is 7.60. The molecule has 34 heavy (non-hydrogen) atoms. The molecule has 4 rings (SSSR count). The quantitative estimate of drug-likeness (QED) is 0.312. The van der Waals surface area contributed by atoms with Crippen LogP contribution in [-0.2, 0) is 22.6 Å². The third-order valence-corrected chi connectivity index (χ3v) is 6.10. The molecule has 0 spiro atoms. The van der Waals surface area contributed by atoms with Gasteiger partial charge in [0.15, 0.2) is 0 Å². The van der Waals surface area contributed by atoms with E-state index in [1.807, 2.05) is 65.6 Å². The maximum atomic E-state index is 14.1. The van der Waals surface area contributed by atoms with Crippen molar-refractivity contribution in [2.75, 3.05) is 20.3 Å². The summed E-state index contributed by atoms with van der Waals surface area (Å²) in [5.74, 6) is -0.280. The molecule has 0 aliphatic carbocycles. The molecule has 0 atom stereocenters. The SMILES string of the molecule is COCCN(Cc1cccn1Cc1cccc(C)c1)C(=O)C(c1ccccc1)c1ccccc1. The van der Waals surface area contributed by atoms with Gasteiger partial charge in [0.2, 0.25) is 5.91 Å². The molecule has 3 aromatic carbocycles. The first-order chi connectivity index (χ1) is 16.7. The summed E-state index contributed by atoms with van der Waals surface area (Å²) in [5, 5.41) is 0. The lowest BCUT2D eigenvalue weighted by atomic mass is 9.90. The predicted octanol–water partition coefficient (Wildman–Crippen LogP) is 5.65. The molecular weight excluding hydrogens is 420 g/mol. The smallest absolute Gasteiger partial charge is 0.235 e. The molecule has 0 radical (unpaired) electrons. The second-order valence-corrected chi connectivity index (χ2v) is 8.62. The molecule has 4 nitrogen and oxygen atoms in total. The van der Waals surface area contributed by atoms with Gasteiger partial charge in [0, 0.05) is 32.1 Å². The highest BCUT2D eigenvalue weighted by atomic mass is 16.5. The first-order valence-electron chi connectivity index (χ1n) is 11.7. The lowest BCUT2D eigenvalue weighted by Crippen LogP contribution is -2.38. The Morgan fingerprint density at radius 2 is 1.56 bits per heavy atom. The van der Waals surface area contributed by atoms with Gasteiger partial charge in [-0.1, -0.05) is 90.5 Å². The van der Waals surface area contributed by atoms with Crippen LogP contribution in [0, 0.1) is 6.92 Å². The van der Waals surface area contributed by atoms with Crippen LogP contribution in [0.3, 0.4) is 0 Å². The van der Waals surface area contributed by atoms with E-state index in [1.165, 1.54) is 11.1 Å². The van der Waals surface area contributed by atoms with Crippen LogP contribution in [0.1, 0.15) is 33.9 Å². The summed E-state index contributed by atoms with van der Waals surface area (Å²) in [6.45, 7) is 4.43. The van der Waals surface area contributed by atoms with Gasteiger partial charge in [0.25, 0.3) is 0 Å². The van der Waals surface area contributed by atoms with Crippen molar-refractivity contribution in [2.24, 2.45) is 0 Å². The lowest BCUT2D eigenvalue weighted by molar-refractivity contribution is -0.133. The van der Waals surface area contributed by atoms with Gasteiger partial charge < -0.3 is 14.2 Å². The molecule has 0 N–H and O–H groups in total. The summed E-state index contributed by atoms with van der Waals surface area (Å²) in [4.78, 5) is 16.0. The molecule has 4 heteroatoms. The monoisotopic (exact) mass is 452 g/mol. The van der Waals surface area contributed by atoms with Gasteiger partial charge in [-0.05, 0) is 35.7 Å². The maximum absolute atomic E-state index is 14.1. The Balaban J connectivity index is 1.63. The number of nitrogens with zero attached hydrogens (tertiary/aromatic N) is 2. The van der Waals surface area contributed by atoms with Crippen LogP contribution in [0.25, 0.3) is 0 Å². The largest absolute Gasteiger partial charge is 0.383 e. The van der Waals surface area contributed by atoms with Gasteiger partial charge in [-0.2, -0.15) is 0 Å². The number of hydrogen-bond donors (Lipinski definition) is 0. The molecule has 4 aromatic rings. The molecule has 0 aliphatic rings. The molecule has 0 aliphatic heterocycles. The number of carbonyl (C=O) groups is 1. The zero-order valence-electron chi connectivity index (χ0n) is 19.9. The number of aryl methyl sites for hydroxylation is 1. The Morgan fingerprint density at radius 3 is 2.18 bits per heavy atom. The first kappa shape index (κ1) is 23.5. The fraction of sp³-hybridized carbons (Fsp3) is 0.233. The summed E-state index contributed by atoms with van der Waals surface area (Å²) >= 11 is 0. The summed E-state index contributed by atoms with van der Waals surface area (Å²) in [7, 11) is 1.68. The number of hydrogen-bond acceptors (Lipinski definition) is 2. The zero-order chi connectivity index (χ0) is 23.8. The van der Waals surface area contributed by atoms with E-state index in [4.69, 9.17) is 4.74 Å². The van der Waals surface area contributed by atoms with Crippen LogP contribution in [0.4, 0.5) is 0 Å². The molecule has 0 unspecified atom stereocenters. The third kappa shape index (κ3) is 5.83. The topological polar surface area (TPSA) is 34.5 Å². The molecule has 0 fully saturated rings. The van der Waals surface area contributed by atoms with Gasteiger partial charge in [-0.15, -0.1) is 0 Å². The molecule has 0 saturated carbocycles. The summed E-state index contributed by atoms with van der Waals surface area (Å²) in [5.41, 5.74) is 5.59. The minimum Gasteiger partial charge on any atom is -0.383 e. The number of carbonyl (C=O) groups excluding carboxylic acids is 1. The van der Waals surface area contributed by atoms with Gasteiger partial charge in [-0.3, -0.25) is 4.79 Å². The van der Waals surface area contributed by atoms with Gasteiger partial charge in [-0.25, -0.2) is 0 Å². The van der Waals surface area contributed by atoms with Crippen LogP contribution >= 0.6 is 0 Å². The van der Waals surface area contributed by atoms with E-state index in [2.05, 4.69) is 54.1 Å². The highest BCUT2D eigenvalue weighted by Crippen LogP contribution is 2.27. The maximum Gasteiger partial charge on any atom is 0.235 e. The predicted molar refractivity (Wildman–Crippen MR) is 137 cm³/mol. The van der Waals surface area contributed by atoms with Crippen molar-refractivity contribution in [3.63, 3.8) is 0 Å². The Kier molecular flexibility index (Phi) is 7.95. The van der Waals surface area contributed by atoms with Crippen LogP contribution in [0.15, 0.2) is 103 Å². The summed E-state index contributed by atoms with van der Waals surface area (Å²) in [6.07, 6.45) is 2.09. The number of methoxy groups -OCH3 is 1. The van der Waals surface area contributed by atoms with E-state index in [1.54, 1.807) is 7.11 Å². The van der Waals surface area contributed by atoms with Crippen molar-refractivity contribution in [1.29, 1.82) is 0 Å². The van der Waals surface area contributed by atoms with E-state index in [9.17, 15) is 4.79 Å². The molecular formula is C30H32N2O2. The molecule has 1 heterocycles. The highest BCUT2D eigenvalue weighted by Gasteiger charge is 2.28. The molecule has 1 aromatic heterocycles. The van der Waals surface area contributed by atoms with Crippen molar-refractivity contribution in [3.05, 3.63) is 131 Å². The Bertz CT molecular complexity index is 1150. The molecule has 0 bridgehead atoms. The van der Waals surface area contributed by atoms with E-state index in [-0.39, 0.29) is 11.8 Å². The van der Waals surface area contributed by atoms with E-state index in [0.29, 0.717) is 19.7 Å². The van der Waals surface area contributed by atoms with Crippen molar-refractivity contribution >= 4 is 5.91 Å². The van der Waals surface area contributed by atoms with Gasteiger partial charge in [0.1, 0.15) is 0 Å². The fourth-order valence-electron chi connectivity index (χ4n) is 4.37. The average molecular weight is 453 g/mol. The van der Waals surface area contributed by atoms with E-state index in [0.717, 1.165) is 23.4 Å². The van der Waals surface area contributed by atoms with Gasteiger partial charge in [0.05, 0.1) is 19.1 Å². The van der Waals surface area contributed by atoms with Crippen molar-refractivity contribution in [2.45, 2.75) is 25.9 Å². The van der Waals surface area contributed by atoms with Crippen LogP contribution in [0.5, 0.6) is 0 Å². The second-order valence-electron chi connectivity index (χ2n) is 8.62. The molecule has 0 saturated heterocycles. The number of benzene rings is 3. The van der Waals surface area contributed by atoms with Crippen LogP contribution in [-0.4, -0.2) is 35.6 Å². The zero-order valence-corrected chi connectivity index (χ0v) is 19.9. The molecule has 174 valence electrons. The number of aromatic nitrogens is 1. The van der Waals surface area contributed by atoms with E-state index >= 15 is 0 Å². The van der Waals surface area contributed by atoms with Crippen molar-refractivity contribution < 1.29 is 9.53 Å². The highest BCUT2D eigenvalue weighted by molar-refractivity contribution is 5.87. The average Bonchev–Trinajstić information content (AvgIpc) is 3.29. The Hall–Kier alpha value is -3.63. The Labute approximate surface area is 202 Å². The van der Waals surface area contributed by atoms with E-state index < -0.39 is 0 Å². The minimum atomic E-state index is -0.362. The minimum absolute atomic E-state index is 0.0813. The normalized spacial score (nSPS) is 11.0. The van der Waals surface area contributed by atoms with Crippen molar-refractivity contribution in [3.8, 4) is 0 Å². The number of ether oxygens (including phenoxy) is 1. The standard InChI is InChI=1S/C30H32N2O2/c1-24-11-9-12-25(21-24)22-31-18-10-17-28(31)23-32(19-20-34-2)30(33)29(26-13-5-3-6-14-26)27-15-7-4-8-16-27/h3-18,21,29H,19-20,22-23H2,1-2H3. The third-order valence-electron chi connectivity index (χ3n) is 6.10. The van der Waals surface area contributed by atoms with Crippen molar-refractivity contribution in [1.82, 2.24) is 9.47 Å². The number of rotatable bonds is 10. The Morgan fingerprint density at radius 1 is 0.882 bits per heavy atom. The fourth-order valence-corrected chi connectivity index (χ4v) is 4.37. The number of amides is 1. The van der Waals surface area contributed by atoms with Crippen LogP contribution in [0.2, 0.25) is 0 Å². The van der Waals surface area contributed by atoms with Gasteiger partial charge >= 0.3 is 0 Å². The van der Waals surface area contributed by atoms with Crippen LogP contribution < -0.4 is 0 Å². The molecule has 1 amide bonds.